The van der Waals surface area contributed by atoms with E-state index in [9.17, 15) is 4.79 Å². The molecule has 0 aromatic heterocycles. The first kappa shape index (κ1) is 11.3. The van der Waals surface area contributed by atoms with Gasteiger partial charge in [0.05, 0.1) is 0 Å². The molecule has 14 heavy (non-hydrogen) atoms. The normalized spacial score (nSPS) is 27.1. The van der Waals surface area contributed by atoms with Crippen LogP contribution in [0.3, 0.4) is 0 Å². The van der Waals surface area contributed by atoms with Gasteiger partial charge in [-0.3, -0.25) is 0 Å². The van der Waals surface area contributed by atoms with Crippen LogP contribution in [0.1, 0.15) is 32.6 Å². The zero-order valence-corrected chi connectivity index (χ0v) is 9.79. The highest BCUT2D eigenvalue weighted by Gasteiger charge is 2.25. The van der Waals surface area contributed by atoms with Gasteiger partial charge in [0, 0.05) is 27.2 Å². The third-order valence-corrected chi connectivity index (χ3v) is 3.14. The van der Waals surface area contributed by atoms with E-state index in [2.05, 4.69) is 6.92 Å². The van der Waals surface area contributed by atoms with Gasteiger partial charge in [0.1, 0.15) is 0 Å². The summed E-state index contributed by atoms with van der Waals surface area (Å²) < 4.78 is 0. The van der Waals surface area contributed by atoms with Crippen LogP contribution in [0.4, 0.5) is 4.79 Å². The number of nitrogens with zero attached hydrogens (tertiary/aromatic N) is 2. The van der Waals surface area contributed by atoms with Crippen molar-refractivity contribution in [1.29, 1.82) is 0 Å². The zero-order chi connectivity index (χ0) is 10.7. The maximum absolute atomic E-state index is 11.7. The predicted octanol–water partition coefficient (Wildman–Crippen LogP) is 2.18. The van der Waals surface area contributed by atoms with Crippen molar-refractivity contribution in [2.75, 3.05) is 21.1 Å². The molecule has 3 nitrogen and oxygen atoms in total. The van der Waals surface area contributed by atoms with Crippen LogP contribution in [-0.4, -0.2) is 43.0 Å². The van der Waals surface area contributed by atoms with Gasteiger partial charge >= 0.3 is 6.03 Å². The van der Waals surface area contributed by atoms with Crippen molar-refractivity contribution in [3.63, 3.8) is 0 Å². The molecule has 1 aliphatic rings. The highest BCUT2D eigenvalue weighted by Crippen LogP contribution is 2.26. The number of hydrogen-bond acceptors (Lipinski definition) is 1. The topological polar surface area (TPSA) is 23.6 Å². The van der Waals surface area contributed by atoms with E-state index in [-0.39, 0.29) is 6.03 Å². The van der Waals surface area contributed by atoms with E-state index in [4.69, 9.17) is 0 Å². The second-order valence-electron chi connectivity index (χ2n) is 4.71. The van der Waals surface area contributed by atoms with Crippen molar-refractivity contribution in [1.82, 2.24) is 9.80 Å². The first-order chi connectivity index (χ1) is 6.52. The van der Waals surface area contributed by atoms with Gasteiger partial charge in [-0.2, -0.15) is 0 Å². The summed E-state index contributed by atoms with van der Waals surface area (Å²) in [5, 5.41) is 0. The van der Waals surface area contributed by atoms with Gasteiger partial charge in [-0.15, -0.1) is 0 Å². The van der Waals surface area contributed by atoms with Crippen LogP contribution in [0.15, 0.2) is 0 Å². The molecule has 0 spiro atoms. The van der Waals surface area contributed by atoms with Gasteiger partial charge < -0.3 is 9.80 Å². The molecular formula is C11H22N2O. The average Bonchev–Trinajstić information content (AvgIpc) is 2.15. The Morgan fingerprint density at radius 1 is 1.21 bits per heavy atom. The second-order valence-corrected chi connectivity index (χ2v) is 4.71. The maximum atomic E-state index is 11.7. The molecule has 0 N–H and O–H groups in total. The predicted molar refractivity (Wildman–Crippen MR) is 58.3 cm³/mol. The lowest BCUT2D eigenvalue weighted by Gasteiger charge is -2.35. The van der Waals surface area contributed by atoms with Gasteiger partial charge in [-0.1, -0.05) is 19.8 Å². The molecule has 0 aromatic rings. The molecule has 3 heteroatoms. The molecule has 2 unspecified atom stereocenters. The minimum Gasteiger partial charge on any atom is -0.331 e. The largest absolute Gasteiger partial charge is 0.331 e. The molecule has 0 heterocycles. The highest BCUT2D eigenvalue weighted by molar-refractivity contribution is 5.73. The first-order valence-electron chi connectivity index (χ1n) is 5.46. The summed E-state index contributed by atoms with van der Waals surface area (Å²) in [6.07, 6.45) is 4.91. The van der Waals surface area contributed by atoms with E-state index in [0.717, 1.165) is 12.3 Å². The maximum Gasteiger partial charge on any atom is 0.319 e. The summed E-state index contributed by atoms with van der Waals surface area (Å²) in [7, 11) is 5.54. The molecule has 1 rings (SSSR count). The Morgan fingerprint density at radius 3 is 2.36 bits per heavy atom. The fraction of sp³-hybridized carbons (Fsp3) is 0.909. The summed E-state index contributed by atoms with van der Waals surface area (Å²) in [5.41, 5.74) is 0. The van der Waals surface area contributed by atoms with Gasteiger partial charge in [0.15, 0.2) is 0 Å². The molecule has 1 aliphatic carbocycles. The standard InChI is InChI=1S/C11H22N2O/c1-9-6-5-7-10(8-9)13(4)11(14)12(2)3/h9-10H,5-8H2,1-4H3. The molecular weight excluding hydrogens is 176 g/mol. The Bertz CT molecular complexity index is 203. The SMILES string of the molecule is CC1CCCC(N(C)C(=O)N(C)C)C1. The summed E-state index contributed by atoms with van der Waals surface area (Å²) >= 11 is 0. The molecule has 0 aliphatic heterocycles. The van der Waals surface area contributed by atoms with Crippen LogP contribution in [-0.2, 0) is 0 Å². The van der Waals surface area contributed by atoms with E-state index in [0.29, 0.717) is 6.04 Å². The number of hydrogen-bond donors (Lipinski definition) is 0. The smallest absolute Gasteiger partial charge is 0.319 e. The number of amides is 2. The Labute approximate surface area is 87.1 Å². The molecule has 1 saturated carbocycles. The first-order valence-corrected chi connectivity index (χ1v) is 5.46. The third kappa shape index (κ3) is 2.63. The van der Waals surface area contributed by atoms with Crippen molar-refractivity contribution in [3.8, 4) is 0 Å². The summed E-state index contributed by atoms with van der Waals surface area (Å²) in [4.78, 5) is 15.3. The van der Waals surface area contributed by atoms with Gasteiger partial charge in [0.25, 0.3) is 0 Å². The van der Waals surface area contributed by atoms with Crippen molar-refractivity contribution in [2.24, 2.45) is 5.92 Å². The number of urea groups is 1. The van der Waals surface area contributed by atoms with E-state index in [1.807, 2.05) is 26.0 Å². The summed E-state index contributed by atoms with van der Waals surface area (Å²) in [5.74, 6) is 0.770. The van der Waals surface area contributed by atoms with E-state index >= 15 is 0 Å². The quantitative estimate of drug-likeness (QED) is 0.633. The molecule has 0 aromatic carbocycles. The average molecular weight is 198 g/mol. The van der Waals surface area contributed by atoms with Crippen molar-refractivity contribution < 1.29 is 4.79 Å². The van der Waals surface area contributed by atoms with Crippen LogP contribution in [0, 0.1) is 5.92 Å². The molecule has 0 bridgehead atoms. The third-order valence-electron chi connectivity index (χ3n) is 3.14. The summed E-state index contributed by atoms with van der Waals surface area (Å²) in [6.45, 7) is 2.28. The van der Waals surface area contributed by atoms with Crippen LogP contribution in [0.5, 0.6) is 0 Å². The van der Waals surface area contributed by atoms with E-state index < -0.39 is 0 Å². The Kier molecular flexibility index (Phi) is 3.78. The van der Waals surface area contributed by atoms with Gasteiger partial charge in [0.2, 0.25) is 0 Å². The lowest BCUT2D eigenvalue weighted by molar-refractivity contribution is 0.139. The molecule has 1 fully saturated rings. The minimum atomic E-state index is 0.129. The van der Waals surface area contributed by atoms with Crippen LogP contribution in [0.25, 0.3) is 0 Å². The van der Waals surface area contributed by atoms with E-state index in [1.165, 1.54) is 19.3 Å². The number of carbonyl (C=O) groups excluding carboxylic acids is 1. The molecule has 2 atom stereocenters. The fourth-order valence-electron chi connectivity index (χ4n) is 2.23. The monoisotopic (exact) mass is 198 g/mol. The van der Waals surface area contributed by atoms with Crippen molar-refractivity contribution in [2.45, 2.75) is 38.6 Å². The Balaban J connectivity index is 2.51. The second kappa shape index (κ2) is 4.67. The van der Waals surface area contributed by atoms with Crippen LogP contribution in [0.2, 0.25) is 0 Å². The summed E-state index contributed by atoms with van der Waals surface area (Å²) in [6, 6.07) is 0.581. The fourth-order valence-corrected chi connectivity index (χ4v) is 2.23. The highest BCUT2D eigenvalue weighted by atomic mass is 16.2. The van der Waals surface area contributed by atoms with Gasteiger partial charge in [-0.05, 0) is 18.8 Å². The van der Waals surface area contributed by atoms with Gasteiger partial charge in [-0.25, -0.2) is 4.79 Å². The minimum absolute atomic E-state index is 0.129. The number of carbonyl (C=O) groups is 1. The molecule has 2 amide bonds. The molecule has 0 radical (unpaired) electrons. The Morgan fingerprint density at radius 2 is 1.86 bits per heavy atom. The zero-order valence-electron chi connectivity index (χ0n) is 9.79. The van der Waals surface area contributed by atoms with Crippen molar-refractivity contribution >= 4 is 6.03 Å². The number of rotatable bonds is 1. The van der Waals surface area contributed by atoms with Crippen molar-refractivity contribution in [3.05, 3.63) is 0 Å². The van der Waals surface area contributed by atoms with E-state index in [1.54, 1.807) is 4.90 Å². The Hall–Kier alpha value is -0.730. The van der Waals surface area contributed by atoms with Crippen LogP contribution < -0.4 is 0 Å². The lowest BCUT2D eigenvalue weighted by Crippen LogP contribution is -2.44. The lowest BCUT2D eigenvalue weighted by atomic mass is 9.86. The molecule has 82 valence electrons. The van der Waals surface area contributed by atoms with Crippen LogP contribution >= 0.6 is 0 Å². The molecule has 0 saturated heterocycles.